The van der Waals surface area contributed by atoms with Gasteiger partial charge in [-0.1, -0.05) is 36.4 Å². The number of hydrogen-bond acceptors (Lipinski definition) is 6. The standard InChI is InChI=1S/C27H26ClN3O5/c1-3-15-35-23-12-10-22(11-13-23)30-26(32)27(33)31-29-17-20-7-14-24(25(16-20)34-4-2)36-18-19-5-8-21(28)9-6-19/h3,5-14,16-17H,1,4,15,18H2,2H3,(H,30,32)(H,31,33)/b29-17-. The number of carbonyl (C=O) groups is 2. The third-order valence-electron chi connectivity index (χ3n) is 4.64. The number of amides is 2. The fourth-order valence-corrected chi connectivity index (χ4v) is 3.05. The quantitative estimate of drug-likeness (QED) is 0.165. The number of carbonyl (C=O) groups excluding carboxylic acids is 2. The highest BCUT2D eigenvalue weighted by atomic mass is 35.5. The molecule has 3 aromatic carbocycles. The van der Waals surface area contributed by atoms with Gasteiger partial charge in [0.25, 0.3) is 0 Å². The van der Waals surface area contributed by atoms with Crippen molar-refractivity contribution >= 4 is 35.3 Å². The van der Waals surface area contributed by atoms with Crippen LogP contribution in [0.4, 0.5) is 5.69 Å². The Balaban J connectivity index is 1.54. The van der Waals surface area contributed by atoms with Crippen LogP contribution in [0.2, 0.25) is 5.02 Å². The number of ether oxygens (including phenoxy) is 3. The summed E-state index contributed by atoms with van der Waals surface area (Å²) in [5, 5.41) is 7.01. The first kappa shape index (κ1) is 26.3. The summed E-state index contributed by atoms with van der Waals surface area (Å²) in [4.78, 5) is 24.2. The highest BCUT2D eigenvalue weighted by Gasteiger charge is 2.13. The first-order valence-corrected chi connectivity index (χ1v) is 11.5. The SMILES string of the molecule is C=CCOc1ccc(NC(=O)C(=O)N/N=C\c2ccc(OCc3ccc(Cl)cc3)c(OCC)c2)cc1. The van der Waals surface area contributed by atoms with Gasteiger partial charge in [0, 0.05) is 10.7 Å². The summed E-state index contributed by atoms with van der Waals surface area (Å²) in [6.45, 7) is 6.61. The van der Waals surface area contributed by atoms with E-state index in [1.54, 1.807) is 60.7 Å². The van der Waals surface area contributed by atoms with Crippen LogP contribution in [-0.2, 0) is 16.2 Å². The third kappa shape index (κ3) is 8.18. The van der Waals surface area contributed by atoms with Gasteiger partial charge < -0.3 is 19.5 Å². The molecule has 0 saturated heterocycles. The molecule has 0 bridgehead atoms. The van der Waals surface area contributed by atoms with Crippen LogP contribution in [0.15, 0.2) is 84.5 Å². The molecule has 2 amide bonds. The molecule has 3 aromatic rings. The van der Waals surface area contributed by atoms with E-state index in [9.17, 15) is 9.59 Å². The van der Waals surface area contributed by atoms with Crippen molar-refractivity contribution in [2.24, 2.45) is 5.10 Å². The number of anilines is 1. The van der Waals surface area contributed by atoms with Crippen molar-refractivity contribution in [3.8, 4) is 17.2 Å². The topological polar surface area (TPSA) is 98.2 Å². The van der Waals surface area contributed by atoms with Gasteiger partial charge in [-0.2, -0.15) is 5.10 Å². The third-order valence-corrected chi connectivity index (χ3v) is 4.89. The fraction of sp³-hybridized carbons (Fsp3) is 0.148. The number of rotatable bonds is 11. The maximum Gasteiger partial charge on any atom is 0.329 e. The average molecular weight is 508 g/mol. The summed E-state index contributed by atoms with van der Waals surface area (Å²) in [6.07, 6.45) is 3.03. The molecular weight excluding hydrogens is 482 g/mol. The molecule has 36 heavy (non-hydrogen) atoms. The van der Waals surface area contributed by atoms with Crippen molar-refractivity contribution in [2.45, 2.75) is 13.5 Å². The molecule has 0 atom stereocenters. The van der Waals surface area contributed by atoms with E-state index in [1.165, 1.54) is 6.21 Å². The van der Waals surface area contributed by atoms with Crippen LogP contribution in [-0.4, -0.2) is 31.2 Å². The van der Waals surface area contributed by atoms with Crippen LogP contribution in [0, 0.1) is 0 Å². The molecule has 0 unspecified atom stereocenters. The van der Waals surface area contributed by atoms with Crippen molar-refractivity contribution in [2.75, 3.05) is 18.5 Å². The van der Waals surface area contributed by atoms with Gasteiger partial charge in [-0.05, 0) is 72.6 Å². The number of nitrogens with one attached hydrogen (secondary N) is 2. The van der Waals surface area contributed by atoms with E-state index in [4.69, 9.17) is 25.8 Å². The smallest absolute Gasteiger partial charge is 0.329 e. The molecule has 3 rings (SSSR count). The maximum atomic E-state index is 12.1. The van der Waals surface area contributed by atoms with Gasteiger partial charge in [-0.3, -0.25) is 9.59 Å². The number of benzene rings is 3. The lowest BCUT2D eigenvalue weighted by molar-refractivity contribution is -0.136. The lowest BCUT2D eigenvalue weighted by atomic mass is 10.2. The van der Waals surface area contributed by atoms with E-state index in [1.807, 2.05) is 19.1 Å². The van der Waals surface area contributed by atoms with Crippen LogP contribution in [0.25, 0.3) is 0 Å². The molecule has 0 heterocycles. The van der Waals surface area contributed by atoms with Gasteiger partial charge in [0.2, 0.25) is 0 Å². The molecule has 0 radical (unpaired) electrons. The highest BCUT2D eigenvalue weighted by molar-refractivity contribution is 6.39. The monoisotopic (exact) mass is 507 g/mol. The minimum absolute atomic E-state index is 0.348. The molecule has 0 aliphatic carbocycles. The highest BCUT2D eigenvalue weighted by Crippen LogP contribution is 2.29. The second-order valence-electron chi connectivity index (χ2n) is 7.33. The lowest BCUT2D eigenvalue weighted by Crippen LogP contribution is -2.32. The first-order chi connectivity index (χ1) is 17.5. The van der Waals surface area contributed by atoms with Crippen LogP contribution in [0.1, 0.15) is 18.1 Å². The Labute approximate surface area is 214 Å². The Morgan fingerprint density at radius 2 is 1.69 bits per heavy atom. The van der Waals surface area contributed by atoms with Crippen molar-refractivity contribution in [3.05, 3.63) is 95.5 Å². The van der Waals surface area contributed by atoms with E-state index >= 15 is 0 Å². The molecule has 0 spiro atoms. The Morgan fingerprint density at radius 3 is 2.39 bits per heavy atom. The zero-order valence-electron chi connectivity index (χ0n) is 19.7. The zero-order chi connectivity index (χ0) is 25.8. The number of halogens is 1. The summed E-state index contributed by atoms with van der Waals surface area (Å²) in [5.41, 5.74) is 4.26. The van der Waals surface area contributed by atoms with Crippen LogP contribution in [0.5, 0.6) is 17.2 Å². The molecule has 0 saturated carbocycles. The Morgan fingerprint density at radius 1 is 0.944 bits per heavy atom. The predicted molar refractivity (Wildman–Crippen MR) is 140 cm³/mol. The fourth-order valence-electron chi connectivity index (χ4n) is 2.93. The molecule has 0 aliphatic rings. The Bertz CT molecular complexity index is 1210. The summed E-state index contributed by atoms with van der Waals surface area (Å²) in [6, 6.07) is 19.2. The Hall–Kier alpha value is -4.30. The summed E-state index contributed by atoms with van der Waals surface area (Å²) < 4.78 is 16.9. The van der Waals surface area contributed by atoms with Crippen LogP contribution < -0.4 is 25.0 Å². The van der Waals surface area contributed by atoms with Crippen molar-refractivity contribution in [1.82, 2.24) is 5.43 Å². The lowest BCUT2D eigenvalue weighted by Gasteiger charge is -2.12. The number of hydrogen-bond donors (Lipinski definition) is 2. The molecule has 0 aromatic heterocycles. The van der Waals surface area contributed by atoms with E-state index < -0.39 is 11.8 Å². The van der Waals surface area contributed by atoms with Crippen LogP contribution >= 0.6 is 11.6 Å². The van der Waals surface area contributed by atoms with Gasteiger partial charge in [-0.25, -0.2) is 5.43 Å². The van der Waals surface area contributed by atoms with E-state index in [-0.39, 0.29) is 0 Å². The average Bonchev–Trinajstić information content (AvgIpc) is 2.89. The molecule has 0 fully saturated rings. The van der Waals surface area contributed by atoms with Gasteiger partial charge in [0.15, 0.2) is 11.5 Å². The molecule has 9 heteroatoms. The summed E-state index contributed by atoms with van der Waals surface area (Å²) >= 11 is 5.92. The normalized spacial score (nSPS) is 10.5. The van der Waals surface area contributed by atoms with E-state index in [0.717, 1.165) is 5.56 Å². The summed E-state index contributed by atoms with van der Waals surface area (Å²) in [5.74, 6) is -0.0536. The van der Waals surface area contributed by atoms with Crippen LogP contribution in [0.3, 0.4) is 0 Å². The minimum Gasteiger partial charge on any atom is -0.490 e. The van der Waals surface area contributed by atoms with Crippen molar-refractivity contribution in [1.29, 1.82) is 0 Å². The summed E-state index contributed by atoms with van der Waals surface area (Å²) in [7, 11) is 0. The molecule has 2 N–H and O–H groups in total. The van der Waals surface area contributed by atoms with E-state index in [0.29, 0.717) is 53.3 Å². The first-order valence-electron chi connectivity index (χ1n) is 11.1. The maximum absolute atomic E-state index is 12.1. The minimum atomic E-state index is -0.911. The number of nitrogens with zero attached hydrogens (tertiary/aromatic N) is 1. The van der Waals surface area contributed by atoms with E-state index in [2.05, 4.69) is 22.4 Å². The van der Waals surface area contributed by atoms with Gasteiger partial charge in [-0.15, -0.1) is 0 Å². The zero-order valence-corrected chi connectivity index (χ0v) is 20.5. The molecule has 186 valence electrons. The second kappa shape index (κ2) is 13.6. The molecule has 0 aliphatic heterocycles. The van der Waals surface area contributed by atoms with Crippen molar-refractivity contribution in [3.63, 3.8) is 0 Å². The second-order valence-corrected chi connectivity index (χ2v) is 7.77. The van der Waals surface area contributed by atoms with Crippen molar-refractivity contribution < 1.29 is 23.8 Å². The Kier molecular flexibility index (Phi) is 9.90. The molecule has 8 nitrogen and oxygen atoms in total. The van der Waals surface area contributed by atoms with Gasteiger partial charge in [0.1, 0.15) is 19.0 Å². The predicted octanol–water partition coefficient (Wildman–Crippen LogP) is 4.97. The van der Waals surface area contributed by atoms with Gasteiger partial charge >= 0.3 is 11.8 Å². The molecular formula is C27H26ClN3O5. The largest absolute Gasteiger partial charge is 0.490 e. The number of hydrazone groups is 1. The van der Waals surface area contributed by atoms with Gasteiger partial charge in [0.05, 0.1) is 12.8 Å².